The van der Waals surface area contributed by atoms with Crippen molar-refractivity contribution in [3.63, 3.8) is 0 Å². The molecular formula is C14H22O2. The molecule has 2 atom stereocenters. The Kier molecular flexibility index (Phi) is 5.50. The normalized spacial score (nSPS) is 15.1. The van der Waals surface area contributed by atoms with Crippen LogP contribution < -0.4 is 0 Å². The molecule has 0 aromatic heterocycles. The molecule has 0 aliphatic carbocycles. The van der Waals surface area contributed by atoms with Crippen LogP contribution in [0.3, 0.4) is 0 Å². The Labute approximate surface area is 98.6 Å². The van der Waals surface area contributed by atoms with E-state index in [0.29, 0.717) is 11.8 Å². The smallest absolute Gasteiger partial charge is 0.0873 e. The van der Waals surface area contributed by atoms with E-state index >= 15 is 0 Å². The van der Waals surface area contributed by atoms with E-state index in [0.717, 1.165) is 6.61 Å². The topological polar surface area (TPSA) is 18.5 Å². The minimum atomic E-state index is 0.112. The summed E-state index contributed by atoms with van der Waals surface area (Å²) in [5.74, 6) is 0.919. The summed E-state index contributed by atoms with van der Waals surface area (Å²) in [6.07, 6.45) is 0.112. The Morgan fingerprint density at radius 1 is 1.06 bits per heavy atom. The third-order valence-electron chi connectivity index (χ3n) is 2.99. The molecule has 16 heavy (non-hydrogen) atoms. The molecule has 0 saturated heterocycles. The number of methoxy groups -OCH3 is 2. The summed E-state index contributed by atoms with van der Waals surface area (Å²) < 4.78 is 10.9. The first-order chi connectivity index (χ1) is 7.70. The highest BCUT2D eigenvalue weighted by Crippen LogP contribution is 2.30. The molecule has 0 N–H and O–H groups in total. The molecule has 0 amide bonds. The van der Waals surface area contributed by atoms with Gasteiger partial charge in [0.1, 0.15) is 0 Å². The fourth-order valence-corrected chi connectivity index (χ4v) is 2.02. The highest BCUT2D eigenvalue weighted by atomic mass is 16.5. The van der Waals surface area contributed by atoms with Gasteiger partial charge in [-0.05, 0) is 11.5 Å². The fourth-order valence-electron chi connectivity index (χ4n) is 2.02. The maximum atomic E-state index is 5.63. The molecule has 1 aromatic rings. The van der Waals surface area contributed by atoms with Crippen molar-refractivity contribution < 1.29 is 9.47 Å². The van der Waals surface area contributed by atoms with E-state index in [9.17, 15) is 0 Å². The molecule has 1 rings (SSSR count). The Morgan fingerprint density at radius 2 is 1.69 bits per heavy atom. The molecule has 0 heterocycles. The van der Waals surface area contributed by atoms with Crippen LogP contribution in [-0.2, 0) is 9.47 Å². The first-order valence-electron chi connectivity index (χ1n) is 5.77. The van der Waals surface area contributed by atoms with E-state index in [-0.39, 0.29) is 6.10 Å². The van der Waals surface area contributed by atoms with Crippen molar-refractivity contribution in [1.29, 1.82) is 0 Å². The van der Waals surface area contributed by atoms with Crippen molar-refractivity contribution in [3.8, 4) is 0 Å². The quantitative estimate of drug-likeness (QED) is 0.735. The van der Waals surface area contributed by atoms with Crippen molar-refractivity contribution in [2.24, 2.45) is 11.8 Å². The summed E-state index contributed by atoms with van der Waals surface area (Å²) in [5.41, 5.74) is 1.22. The lowest BCUT2D eigenvalue weighted by Crippen LogP contribution is -2.24. The van der Waals surface area contributed by atoms with Crippen LogP contribution in [0.4, 0.5) is 0 Å². The zero-order valence-electron chi connectivity index (χ0n) is 10.6. The number of benzene rings is 1. The number of hydrogen-bond acceptors (Lipinski definition) is 2. The van der Waals surface area contributed by atoms with Crippen LogP contribution in [-0.4, -0.2) is 20.8 Å². The molecule has 0 bridgehead atoms. The van der Waals surface area contributed by atoms with E-state index in [1.807, 2.05) is 18.2 Å². The van der Waals surface area contributed by atoms with E-state index in [4.69, 9.17) is 9.47 Å². The number of rotatable bonds is 6. The van der Waals surface area contributed by atoms with E-state index in [2.05, 4.69) is 26.0 Å². The van der Waals surface area contributed by atoms with E-state index < -0.39 is 0 Å². The van der Waals surface area contributed by atoms with Gasteiger partial charge in [0.05, 0.1) is 12.7 Å². The van der Waals surface area contributed by atoms with Gasteiger partial charge < -0.3 is 9.47 Å². The first-order valence-corrected chi connectivity index (χ1v) is 5.77. The summed E-state index contributed by atoms with van der Waals surface area (Å²) in [5, 5.41) is 0. The van der Waals surface area contributed by atoms with Crippen molar-refractivity contribution in [1.82, 2.24) is 0 Å². The van der Waals surface area contributed by atoms with Crippen LogP contribution in [0.25, 0.3) is 0 Å². The summed E-state index contributed by atoms with van der Waals surface area (Å²) in [7, 11) is 3.51. The molecule has 0 saturated carbocycles. The van der Waals surface area contributed by atoms with Crippen LogP contribution in [0.2, 0.25) is 0 Å². The second kappa shape index (κ2) is 6.66. The van der Waals surface area contributed by atoms with Crippen molar-refractivity contribution >= 4 is 0 Å². The van der Waals surface area contributed by atoms with Crippen molar-refractivity contribution in [3.05, 3.63) is 35.9 Å². The van der Waals surface area contributed by atoms with Gasteiger partial charge in [0.25, 0.3) is 0 Å². The molecule has 0 aliphatic heterocycles. The highest BCUT2D eigenvalue weighted by Gasteiger charge is 2.25. The Hall–Kier alpha value is -0.860. The van der Waals surface area contributed by atoms with Crippen LogP contribution >= 0.6 is 0 Å². The SMILES string of the molecule is COCC(C(C)C)C(OC)c1ccccc1. The molecule has 2 nitrogen and oxygen atoms in total. The average Bonchev–Trinajstić information content (AvgIpc) is 2.30. The Morgan fingerprint density at radius 3 is 2.12 bits per heavy atom. The lowest BCUT2D eigenvalue weighted by molar-refractivity contribution is -0.00677. The minimum Gasteiger partial charge on any atom is -0.384 e. The van der Waals surface area contributed by atoms with Gasteiger partial charge in [-0.1, -0.05) is 44.2 Å². The molecule has 0 fully saturated rings. The standard InChI is InChI=1S/C14H22O2/c1-11(2)13(10-15-3)14(16-4)12-8-6-5-7-9-12/h5-9,11,13-14H,10H2,1-4H3. The maximum Gasteiger partial charge on any atom is 0.0873 e. The van der Waals surface area contributed by atoms with Gasteiger partial charge >= 0.3 is 0 Å². The maximum absolute atomic E-state index is 5.63. The molecule has 2 unspecified atom stereocenters. The van der Waals surface area contributed by atoms with Gasteiger partial charge in [-0.25, -0.2) is 0 Å². The van der Waals surface area contributed by atoms with Gasteiger partial charge in [-0.15, -0.1) is 0 Å². The Balaban J connectivity index is 2.86. The average molecular weight is 222 g/mol. The lowest BCUT2D eigenvalue weighted by Gasteiger charge is -2.28. The van der Waals surface area contributed by atoms with Crippen molar-refractivity contribution in [2.75, 3.05) is 20.8 Å². The predicted octanol–water partition coefficient (Wildman–Crippen LogP) is 3.29. The van der Waals surface area contributed by atoms with E-state index in [1.54, 1.807) is 14.2 Å². The third-order valence-corrected chi connectivity index (χ3v) is 2.99. The van der Waals surface area contributed by atoms with Gasteiger partial charge in [0, 0.05) is 20.1 Å². The fraction of sp³-hybridized carbons (Fsp3) is 0.571. The van der Waals surface area contributed by atoms with Gasteiger partial charge in [0.2, 0.25) is 0 Å². The first kappa shape index (κ1) is 13.2. The van der Waals surface area contributed by atoms with Gasteiger partial charge in [-0.3, -0.25) is 0 Å². The van der Waals surface area contributed by atoms with Crippen LogP contribution in [0.5, 0.6) is 0 Å². The highest BCUT2D eigenvalue weighted by molar-refractivity contribution is 5.18. The molecule has 0 radical (unpaired) electrons. The molecule has 0 spiro atoms. The van der Waals surface area contributed by atoms with Gasteiger partial charge in [0.15, 0.2) is 0 Å². The zero-order chi connectivity index (χ0) is 12.0. The minimum absolute atomic E-state index is 0.112. The lowest BCUT2D eigenvalue weighted by atomic mass is 9.87. The summed E-state index contributed by atoms with van der Waals surface area (Å²) in [6.45, 7) is 5.14. The second-order valence-electron chi connectivity index (χ2n) is 4.43. The summed E-state index contributed by atoms with van der Waals surface area (Å²) in [4.78, 5) is 0. The van der Waals surface area contributed by atoms with E-state index in [1.165, 1.54) is 5.56 Å². The summed E-state index contributed by atoms with van der Waals surface area (Å²) in [6, 6.07) is 10.3. The molecule has 0 aliphatic rings. The van der Waals surface area contributed by atoms with Crippen LogP contribution in [0.15, 0.2) is 30.3 Å². The Bertz CT molecular complexity index is 282. The molecular weight excluding hydrogens is 200 g/mol. The molecule has 2 heteroatoms. The summed E-state index contributed by atoms with van der Waals surface area (Å²) >= 11 is 0. The molecule has 90 valence electrons. The third kappa shape index (κ3) is 3.32. The number of hydrogen-bond donors (Lipinski definition) is 0. The van der Waals surface area contributed by atoms with Crippen molar-refractivity contribution in [2.45, 2.75) is 20.0 Å². The number of ether oxygens (including phenoxy) is 2. The van der Waals surface area contributed by atoms with Crippen LogP contribution in [0, 0.1) is 11.8 Å². The molecule has 1 aromatic carbocycles. The van der Waals surface area contributed by atoms with Gasteiger partial charge in [-0.2, -0.15) is 0 Å². The zero-order valence-corrected chi connectivity index (χ0v) is 10.6. The second-order valence-corrected chi connectivity index (χ2v) is 4.43. The predicted molar refractivity (Wildman–Crippen MR) is 66.4 cm³/mol. The monoisotopic (exact) mass is 222 g/mol. The van der Waals surface area contributed by atoms with Crippen LogP contribution in [0.1, 0.15) is 25.5 Å². The largest absolute Gasteiger partial charge is 0.384 e.